The van der Waals surface area contributed by atoms with Crippen LogP contribution in [-0.4, -0.2) is 11.5 Å². The van der Waals surface area contributed by atoms with Crippen molar-refractivity contribution >= 4 is 0 Å². The van der Waals surface area contributed by atoms with Crippen molar-refractivity contribution in [2.45, 2.75) is 19.8 Å². The van der Waals surface area contributed by atoms with Crippen LogP contribution in [0.3, 0.4) is 0 Å². The van der Waals surface area contributed by atoms with Gasteiger partial charge in [0, 0.05) is 6.20 Å². The van der Waals surface area contributed by atoms with Gasteiger partial charge in [-0.25, -0.2) is 4.98 Å². The predicted octanol–water partition coefficient (Wildman–Crippen LogP) is 1.42. The number of nitrogens with zero attached hydrogens (tertiary/aromatic N) is 1. The largest absolute Gasteiger partial charge is 0.330 e. The highest BCUT2D eigenvalue weighted by atomic mass is 19.1. The number of hydrogen-bond acceptors (Lipinski definition) is 2. The van der Waals surface area contributed by atoms with E-state index in [-0.39, 0.29) is 0 Å². The van der Waals surface area contributed by atoms with E-state index in [1.54, 1.807) is 6.20 Å². The number of aromatic nitrogens is 1. The Labute approximate surface area is 71.6 Å². The van der Waals surface area contributed by atoms with Gasteiger partial charge in [-0.2, -0.15) is 4.39 Å². The van der Waals surface area contributed by atoms with Gasteiger partial charge in [-0.3, -0.25) is 0 Å². The number of nitrogens with two attached hydrogens (primary N) is 1. The maximum atomic E-state index is 12.6. The summed E-state index contributed by atoms with van der Waals surface area (Å²) in [5, 5.41) is 0. The molecule has 12 heavy (non-hydrogen) atoms. The van der Waals surface area contributed by atoms with E-state index < -0.39 is 5.95 Å². The first kappa shape index (κ1) is 9.13. The van der Waals surface area contributed by atoms with Crippen molar-refractivity contribution in [2.75, 3.05) is 6.54 Å². The molecule has 0 fully saturated rings. The third-order valence-electron chi connectivity index (χ3n) is 1.83. The highest BCUT2D eigenvalue weighted by Crippen LogP contribution is 2.09. The molecule has 0 aromatic carbocycles. The summed E-state index contributed by atoms with van der Waals surface area (Å²) < 4.78 is 12.6. The van der Waals surface area contributed by atoms with Crippen molar-refractivity contribution in [3.05, 3.63) is 29.3 Å². The second-order valence-electron chi connectivity index (χ2n) is 2.83. The van der Waals surface area contributed by atoms with Gasteiger partial charge in [0.2, 0.25) is 5.95 Å². The molecular weight excluding hydrogens is 155 g/mol. The molecule has 0 aliphatic carbocycles. The summed E-state index contributed by atoms with van der Waals surface area (Å²) >= 11 is 0. The molecule has 0 amide bonds. The Morgan fingerprint density at radius 3 is 3.00 bits per heavy atom. The average Bonchev–Trinajstić information content (AvgIpc) is 2.07. The number of halogens is 1. The Bertz CT molecular complexity index is 261. The summed E-state index contributed by atoms with van der Waals surface area (Å²) in [5.41, 5.74) is 7.39. The first-order chi connectivity index (χ1) is 5.74. The Kier molecular flexibility index (Phi) is 3.17. The predicted molar refractivity (Wildman–Crippen MR) is 46.3 cm³/mol. The number of hydrogen-bond donors (Lipinski definition) is 1. The fourth-order valence-corrected chi connectivity index (χ4v) is 1.10. The molecule has 1 rings (SSSR count). The maximum absolute atomic E-state index is 12.6. The van der Waals surface area contributed by atoms with Gasteiger partial charge in [0.1, 0.15) is 0 Å². The van der Waals surface area contributed by atoms with Crippen LogP contribution in [0.5, 0.6) is 0 Å². The summed E-state index contributed by atoms with van der Waals surface area (Å²) in [5.74, 6) is -0.410. The van der Waals surface area contributed by atoms with Gasteiger partial charge >= 0.3 is 0 Å². The van der Waals surface area contributed by atoms with E-state index in [4.69, 9.17) is 5.73 Å². The summed E-state index contributed by atoms with van der Waals surface area (Å²) in [6.45, 7) is 2.57. The lowest BCUT2D eigenvalue weighted by molar-refractivity contribution is 0.579. The average molecular weight is 168 g/mol. The van der Waals surface area contributed by atoms with Gasteiger partial charge in [0.25, 0.3) is 0 Å². The van der Waals surface area contributed by atoms with Crippen molar-refractivity contribution < 1.29 is 4.39 Å². The zero-order valence-electron chi connectivity index (χ0n) is 7.18. The highest BCUT2D eigenvalue weighted by Gasteiger charge is 2.00. The Morgan fingerprint density at radius 1 is 1.58 bits per heavy atom. The summed E-state index contributed by atoms with van der Waals surface area (Å²) in [6, 6.07) is 1.48. The molecule has 0 unspecified atom stereocenters. The minimum absolute atomic E-state index is 0.410. The van der Waals surface area contributed by atoms with Gasteiger partial charge in [0.05, 0.1) is 0 Å². The number of rotatable bonds is 3. The van der Waals surface area contributed by atoms with Crippen LogP contribution in [0.25, 0.3) is 0 Å². The molecule has 3 heteroatoms. The molecule has 0 saturated carbocycles. The first-order valence-electron chi connectivity index (χ1n) is 4.05. The molecule has 2 nitrogen and oxygen atoms in total. The number of pyridine rings is 1. The Morgan fingerprint density at radius 2 is 2.33 bits per heavy atom. The van der Waals surface area contributed by atoms with E-state index >= 15 is 0 Å². The lowest BCUT2D eigenvalue weighted by Gasteiger charge is -2.03. The van der Waals surface area contributed by atoms with Crippen molar-refractivity contribution in [3.8, 4) is 0 Å². The second kappa shape index (κ2) is 4.16. The molecule has 1 heterocycles. The van der Waals surface area contributed by atoms with Gasteiger partial charge in [-0.05, 0) is 43.5 Å². The molecule has 0 saturated heterocycles. The van der Waals surface area contributed by atoms with E-state index in [0.29, 0.717) is 6.54 Å². The summed E-state index contributed by atoms with van der Waals surface area (Å²) in [6.07, 6.45) is 3.28. The fourth-order valence-electron chi connectivity index (χ4n) is 1.10. The minimum Gasteiger partial charge on any atom is -0.330 e. The second-order valence-corrected chi connectivity index (χ2v) is 2.83. The maximum Gasteiger partial charge on any atom is 0.213 e. The van der Waals surface area contributed by atoms with Crippen molar-refractivity contribution in [2.24, 2.45) is 5.73 Å². The molecule has 0 radical (unpaired) electrons. The van der Waals surface area contributed by atoms with Crippen LogP contribution in [0.1, 0.15) is 17.5 Å². The van der Waals surface area contributed by atoms with Crippen LogP contribution >= 0.6 is 0 Å². The van der Waals surface area contributed by atoms with Crippen molar-refractivity contribution in [3.63, 3.8) is 0 Å². The van der Waals surface area contributed by atoms with Crippen LogP contribution < -0.4 is 5.73 Å². The van der Waals surface area contributed by atoms with Crippen LogP contribution in [0, 0.1) is 12.9 Å². The molecular formula is C9H13FN2. The van der Waals surface area contributed by atoms with Gasteiger partial charge in [0.15, 0.2) is 0 Å². The molecule has 0 atom stereocenters. The van der Waals surface area contributed by atoms with E-state index in [1.165, 1.54) is 6.07 Å². The zero-order valence-corrected chi connectivity index (χ0v) is 7.18. The molecule has 0 spiro atoms. The highest BCUT2D eigenvalue weighted by molar-refractivity contribution is 5.22. The zero-order chi connectivity index (χ0) is 8.97. The minimum atomic E-state index is -0.410. The Hall–Kier alpha value is -0.960. The van der Waals surface area contributed by atoms with E-state index in [1.807, 2.05) is 6.92 Å². The normalized spacial score (nSPS) is 10.2. The lowest BCUT2D eigenvalue weighted by Crippen LogP contribution is -2.02. The molecule has 1 aromatic heterocycles. The van der Waals surface area contributed by atoms with Gasteiger partial charge in [-0.1, -0.05) is 0 Å². The third-order valence-corrected chi connectivity index (χ3v) is 1.83. The smallest absolute Gasteiger partial charge is 0.213 e. The SMILES string of the molecule is Cc1cnc(F)cc1CCCN. The molecule has 0 aliphatic heterocycles. The van der Waals surface area contributed by atoms with Crippen LogP contribution in [0.2, 0.25) is 0 Å². The van der Waals surface area contributed by atoms with Crippen molar-refractivity contribution in [1.82, 2.24) is 4.98 Å². The monoisotopic (exact) mass is 168 g/mol. The quantitative estimate of drug-likeness (QED) is 0.693. The van der Waals surface area contributed by atoms with Gasteiger partial charge in [-0.15, -0.1) is 0 Å². The molecule has 66 valence electrons. The van der Waals surface area contributed by atoms with E-state index in [9.17, 15) is 4.39 Å². The number of aryl methyl sites for hydroxylation is 2. The van der Waals surface area contributed by atoms with Crippen LogP contribution in [-0.2, 0) is 6.42 Å². The molecule has 1 aromatic rings. The van der Waals surface area contributed by atoms with Gasteiger partial charge < -0.3 is 5.73 Å². The topological polar surface area (TPSA) is 38.9 Å². The Balaban J connectivity index is 2.75. The molecule has 0 aliphatic rings. The first-order valence-corrected chi connectivity index (χ1v) is 4.05. The molecule has 0 bridgehead atoms. The summed E-state index contributed by atoms with van der Waals surface area (Å²) in [4.78, 5) is 3.55. The lowest BCUT2D eigenvalue weighted by atomic mass is 10.1. The van der Waals surface area contributed by atoms with Crippen LogP contribution in [0.4, 0.5) is 4.39 Å². The van der Waals surface area contributed by atoms with Crippen molar-refractivity contribution in [1.29, 1.82) is 0 Å². The summed E-state index contributed by atoms with van der Waals surface area (Å²) in [7, 11) is 0. The van der Waals surface area contributed by atoms with E-state index in [2.05, 4.69) is 4.98 Å². The standard InChI is InChI=1S/C9H13FN2/c1-7-6-12-9(10)5-8(7)3-2-4-11/h5-6H,2-4,11H2,1H3. The van der Waals surface area contributed by atoms with E-state index in [0.717, 1.165) is 24.0 Å². The van der Waals surface area contributed by atoms with Crippen LogP contribution in [0.15, 0.2) is 12.3 Å². The fraction of sp³-hybridized carbons (Fsp3) is 0.444. The molecule has 2 N–H and O–H groups in total. The third kappa shape index (κ3) is 2.27.